The minimum atomic E-state index is -0.420. The van der Waals surface area contributed by atoms with Crippen molar-refractivity contribution in [1.29, 1.82) is 0 Å². The first-order valence-corrected chi connectivity index (χ1v) is 21.6. The maximum Gasteiger partial charge on any atom is 0.165 e. The number of rotatable bonds is 6. The Balaban J connectivity index is 1.09. The van der Waals surface area contributed by atoms with Crippen LogP contribution >= 0.6 is 11.3 Å². The molecule has 0 unspecified atom stereocenters. The van der Waals surface area contributed by atoms with Gasteiger partial charge >= 0.3 is 0 Å². The topological polar surface area (TPSA) is 48.5 Å². The van der Waals surface area contributed by atoms with Crippen molar-refractivity contribution in [3.05, 3.63) is 212 Å². The molecule has 0 amide bonds. The van der Waals surface area contributed by atoms with Gasteiger partial charge < -0.3 is 9.13 Å². The zero-order chi connectivity index (χ0) is 45.8. The number of fused-ring (bicyclic) bond motifs is 9. The summed E-state index contributed by atoms with van der Waals surface area (Å²) in [6.07, 6.45) is 0. The Bertz CT molecular complexity index is 4100. The molecule has 5 nitrogen and oxygen atoms in total. The molecular weight excluding hydrogens is 787 g/mol. The van der Waals surface area contributed by atoms with E-state index >= 15 is 0 Å². The van der Waals surface area contributed by atoms with Crippen LogP contribution in [0.3, 0.4) is 0 Å². The molecule has 0 aliphatic rings. The highest BCUT2D eigenvalue weighted by atomic mass is 32.1. The first-order chi connectivity index (χ1) is 33.3. The Labute approximate surface area is 373 Å². The van der Waals surface area contributed by atoms with Gasteiger partial charge in [-0.05, 0) is 71.8 Å². The highest BCUT2D eigenvalue weighted by Gasteiger charge is 2.21. The van der Waals surface area contributed by atoms with Crippen LogP contribution in [0.4, 0.5) is 0 Å². The van der Waals surface area contributed by atoms with Crippen molar-refractivity contribution in [1.82, 2.24) is 24.1 Å². The third-order valence-corrected chi connectivity index (χ3v) is 13.3. The van der Waals surface area contributed by atoms with Gasteiger partial charge in [-0.3, -0.25) is 0 Å². The lowest BCUT2D eigenvalue weighted by atomic mass is 10.0. The molecule has 9 aromatic carbocycles. The molecule has 0 atom stereocenters. The largest absolute Gasteiger partial charge is 0.309 e. The second kappa shape index (κ2) is 14.2. The Kier molecular flexibility index (Phi) is 6.94. The van der Waals surface area contributed by atoms with E-state index in [0.717, 1.165) is 81.1 Å². The Morgan fingerprint density at radius 3 is 1.54 bits per heavy atom. The van der Waals surface area contributed by atoms with Crippen LogP contribution in [0.1, 0.15) is 6.85 Å². The number of aromatic nitrogens is 5. The quantitative estimate of drug-likeness (QED) is 0.168. The van der Waals surface area contributed by atoms with Crippen LogP contribution in [0, 0.1) is 0 Å². The van der Waals surface area contributed by atoms with Gasteiger partial charge in [0.1, 0.15) is 0 Å². The summed E-state index contributed by atoms with van der Waals surface area (Å²) in [7, 11) is 0. The third kappa shape index (κ3) is 5.73. The van der Waals surface area contributed by atoms with Crippen LogP contribution in [0.2, 0.25) is 0 Å². The lowest BCUT2D eigenvalue weighted by Crippen LogP contribution is -2.02. The Morgan fingerprint density at radius 2 is 0.905 bits per heavy atom. The smallest absolute Gasteiger partial charge is 0.165 e. The Hall–Kier alpha value is -8.19. The van der Waals surface area contributed by atoms with Gasteiger partial charge in [-0.1, -0.05) is 152 Å². The predicted molar refractivity (Wildman–Crippen MR) is 263 cm³/mol. The van der Waals surface area contributed by atoms with E-state index in [1.165, 1.54) is 10.8 Å². The molecule has 0 N–H and O–H groups in total. The molecule has 0 saturated heterocycles. The van der Waals surface area contributed by atoms with E-state index in [0.29, 0.717) is 23.0 Å². The molecular formula is C57H35N5S. The summed E-state index contributed by atoms with van der Waals surface area (Å²) in [4.78, 5) is 15.9. The van der Waals surface area contributed by atoms with Gasteiger partial charge in [0.25, 0.3) is 0 Å². The van der Waals surface area contributed by atoms with Gasteiger partial charge in [0, 0.05) is 69.8 Å². The maximum atomic E-state index is 8.85. The molecule has 0 aliphatic carbocycles. The number of hydrogen-bond donors (Lipinski definition) is 0. The van der Waals surface area contributed by atoms with E-state index in [1.54, 1.807) is 11.3 Å². The normalized spacial score (nSPS) is 12.9. The number of nitrogens with zero attached hydrogens (tertiary/aromatic N) is 5. The fourth-order valence-electron chi connectivity index (χ4n) is 9.24. The standard InChI is InChI=1S/C57H35N5S/c1-3-16-36(17-4-1)38-30-31-53-46(33-38)47-34-41(62-51-28-13-9-24-44(51)45-25-10-14-29-52(45)62)35-48(54(47)63-53)57-59-55(37-18-5-2-6-19-37)58-56(60-57)39-20-15-21-40(32-39)61-49-26-11-7-22-42(49)43-23-8-12-27-50(43)61/h1-35H/i1D,3D,4D,16D,17D. The highest BCUT2D eigenvalue weighted by molar-refractivity contribution is 7.26. The molecule has 4 heterocycles. The van der Waals surface area contributed by atoms with Crippen molar-refractivity contribution in [3.8, 4) is 56.7 Å². The molecule has 0 bridgehead atoms. The molecule has 63 heavy (non-hydrogen) atoms. The molecule has 0 spiro atoms. The van der Waals surface area contributed by atoms with Gasteiger partial charge in [0.15, 0.2) is 17.5 Å². The summed E-state index contributed by atoms with van der Waals surface area (Å²) in [6.45, 7) is 0. The van der Waals surface area contributed by atoms with Crippen molar-refractivity contribution in [2.24, 2.45) is 0 Å². The summed E-state index contributed by atoms with van der Waals surface area (Å²) in [6, 6.07) is 60.7. The van der Waals surface area contributed by atoms with Crippen LogP contribution in [0.5, 0.6) is 0 Å². The average molecular weight is 827 g/mol. The van der Waals surface area contributed by atoms with E-state index in [9.17, 15) is 0 Å². The monoisotopic (exact) mass is 826 g/mol. The maximum absolute atomic E-state index is 8.85. The summed E-state index contributed by atoms with van der Waals surface area (Å²) >= 11 is 1.61. The summed E-state index contributed by atoms with van der Waals surface area (Å²) in [5, 5.41) is 6.41. The van der Waals surface area contributed by atoms with E-state index < -0.39 is 6.04 Å². The zero-order valence-corrected chi connectivity index (χ0v) is 34.3. The van der Waals surface area contributed by atoms with Crippen LogP contribution < -0.4 is 0 Å². The summed E-state index contributed by atoms with van der Waals surface area (Å²) < 4.78 is 49.3. The highest BCUT2D eigenvalue weighted by Crippen LogP contribution is 2.44. The van der Waals surface area contributed by atoms with Crippen LogP contribution in [0.25, 0.3) is 120 Å². The molecule has 0 aliphatic heterocycles. The molecule has 13 aromatic rings. The minimum absolute atomic E-state index is 0.161. The minimum Gasteiger partial charge on any atom is -0.309 e. The fourth-order valence-corrected chi connectivity index (χ4v) is 10.4. The first-order valence-electron chi connectivity index (χ1n) is 23.3. The zero-order valence-electron chi connectivity index (χ0n) is 38.5. The van der Waals surface area contributed by atoms with Gasteiger partial charge in [-0.15, -0.1) is 11.3 Å². The van der Waals surface area contributed by atoms with Gasteiger partial charge in [-0.25, -0.2) is 15.0 Å². The predicted octanol–water partition coefficient (Wildman–Crippen LogP) is 15.1. The van der Waals surface area contributed by atoms with Crippen molar-refractivity contribution >= 4 is 75.1 Å². The van der Waals surface area contributed by atoms with E-state index in [2.05, 4.69) is 143 Å². The molecule has 294 valence electrons. The third-order valence-electron chi connectivity index (χ3n) is 12.0. The van der Waals surface area contributed by atoms with Crippen LogP contribution in [-0.4, -0.2) is 24.1 Å². The second-order valence-electron chi connectivity index (χ2n) is 15.6. The molecule has 6 heteroatoms. The second-order valence-corrected chi connectivity index (χ2v) is 16.7. The van der Waals surface area contributed by atoms with Crippen LogP contribution in [0.15, 0.2) is 212 Å². The van der Waals surface area contributed by atoms with Crippen molar-refractivity contribution < 1.29 is 6.85 Å². The molecule has 0 saturated carbocycles. The van der Waals surface area contributed by atoms with Gasteiger partial charge in [0.05, 0.1) is 28.9 Å². The van der Waals surface area contributed by atoms with E-state index in [1.807, 2.05) is 48.5 Å². The van der Waals surface area contributed by atoms with Gasteiger partial charge in [0.2, 0.25) is 0 Å². The lowest BCUT2D eigenvalue weighted by Gasteiger charge is -2.14. The fraction of sp³-hybridized carbons (Fsp3) is 0. The van der Waals surface area contributed by atoms with E-state index in [-0.39, 0.29) is 29.7 Å². The summed E-state index contributed by atoms with van der Waals surface area (Å²) in [5.74, 6) is 1.56. The SMILES string of the molecule is [2H]c1c([2H])c([2H])c(-c2ccc3sc4c(-c5nc(-c6ccccc6)nc(-c6cccc(-n7c8ccccc8c8ccccc87)c6)n5)cc(-n5c6ccccc6c6ccccc65)cc4c3c2)c([2H])c1[2H]. The van der Waals surface area contributed by atoms with Crippen molar-refractivity contribution in [2.45, 2.75) is 0 Å². The Morgan fingerprint density at radius 1 is 0.365 bits per heavy atom. The lowest BCUT2D eigenvalue weighted by molar-refractivity contribution is 1.07. The number of hydrogen-bond acceptors (Lipinski definition) is 4. The first kappa shape index (κ1) is 30.8. The van der Waals surface area contributed by atoms with Crippen molar-refractivity contribution in [2.75, 3.05) is 0 Å². The average Bonchev–Trinajstić information content (AvgIpc) is 4.05. The summed E-state index contributed by atoms with van der Waals surface area (Å²) in [5.41, 5.74) is 9.38. The van der Waals surface area contributed by atoms with Crippen molar-refractivity contribution in [3.63, 3.8) is 0 Å². The van der Waals surface area contributed by atoms with Gasteiger partial charge in [-0.2, -0.15) is 0 Å². The van der Waals surface area contributed by atoms with E-state index in [4.69, 9.17) is 21.8 Å². The number of para-hydroxylation sites is 4. The van der Waals surface area contributed by atoms with Crippen LogP contribution in [-0.2, 0) is 0 Å². The molecule has 0 fully saturated rings. The number of thiophene rings is 1. The molecule has 4 aromatic heterocycles. The molecule has 13 rings (SSSR count). The molecule has 0 radical (unpaired) electrons. The number of benzene rings is 9.